The molecular weight excluding hydrogens is 224 g/mol. The molecule has 0 amide bonds. The topological polar surface area (TPSA) is 28.4 Å². The summed E-state index contributed by atoms with van der Waals surface area (Å²) in [4.78, 5) is 2.34. The SMILES string of the molecule is C=CCN(CCC)Cc1cc(CNCCC)co1. The number of hydrogen-bond donors (Lipinski definition) is 1. The summed E-state index contributed by atoms with van der Waals surface area (Å²) in [5, 5.41) is 3.38. The summed E-state index contributed by atoms with van der Waals surface area (Å²) in [7, 11) is 0. The predicted molar refractivity (Wildman–Crippen MR) is 76.5 cm³/mol. The Kier molecular flexibility index (Phi) is 7.46. The Bertz CT molecular complexity index is 333. The van der Waals surface area contributed by atoms with Crippen molar-refractivity contribution in [2.24, 2.45) is 0 Å². The van der Waals surface area contributed by atoms with Crippen molar-refractivity contribution in [3.8, 4) is 0 Å². The van der Waals surface area contributed by atoms with Crippen LogP contribution in [0, 0.1) is 0 Å². The highest BCUT2D eigenvalue weighted by molar-refractivity contribution is 5.12. The standard InChI is InChI=1S/C15H26N2O/c1-4-7-16-11-14-10-15(18-13-14)12-17(8-5-2)9-6-3/h5,10,13,16H,2,4,6-9,11-12H2,1,3H3. The first-order valence-electron chi connectivity index (χ1n) is 6.90. The van der Waals surface area contributed by atoms with Gasteiger partial charge in [-0.1, -0.05) is 19.9 Å². The Balaban J connectivity index is 2.43. The van der Waals surface area contributed by atoms with Gasteiger partial charge >= 0.3 is 0 Å². The maximum absolute atomic E-state index is 5.60. The lowest BCUT2D eigenvalue weighted by atomic mass is 10.3. The number of nitrogens with zero attached hydrogens (tertiary/aromatic N) is 1. The van der Waals surface area contributed by atoms with Crippen molar-refractivity contribution < 1.29 is 4.42 Å². The van der Waals surface area contributed by atoms with Crippen molar-refractivity contribution in [1.29, 1.82) is 0 Å². The molecule has 0 aliphatic heterocycles. The van der Waals surface area contributed by atoms with Crippen LogP contribution in [0.15, 0.2) is 29.4 Å². The van der Waals surface area contributed by atoms with Gasteiger partial charge < -0.3 is 9.73 Å². The van der Waals surface area contributed by atoms with Gasteiger partial charge in [-0.3, -0.25) is 4.90 Å². The molecule has 0 aromatic carbocycles. The van der Waals surface area contributed by atoms with Gasteiger partial charge in [0.2, 0.25) is 0 Å². The monoisotopic (exact) mass is 250 g/mol. The molecule has 0 saturated heterocycles. The van der Waals surface area contributed by atoms with E-state index in [4.69, 9.17) is 4.42 Å². The quantitative estimate of drug-likeness (QED) is 0.511. The zero-order valence-electron chi connectivity index (χ0n) is 11.7. The molecule has 0 spiro atoms. The minimum Gasteiger partial charge on any atom is -0.468 e. The molecular formula is C15H26N2O. The zero-order chi connectivity index (χ0) is 13.2. The van der Waals surface area contributed by atoms with Crippen LogP contribution in [0.2, 0.25) is 0 Å². The highest BCUT2D eigenvalue weighted by atomic mass is 16.3. The highest BCUT2D eigenvalue weighted by Crippen LogP contribution is 2.11. The van der Waals surface area contributed by atoms with Gasteiger partial charge in [0.05, 0.1) is 12.8 Å². The van der Waals surface area contributed by atoms with E-state index in [1.165, 1.54) is 5.56 Å². The molecule has 1 rings (SSSR count). The van der Waals surface area contributed by atoms with E-state index in [0.29, 0.717) is 0 Å². The molecule has 0 bridgehead atoms. The lowest BCUT2D eigenvalue weighted by Crippen LogP contribution is -2.23. The van der Waals surface area contributed by atoms with Crippen LogP contribution >= 0.6 is 0 Å². The van der Waals surface area contributed by atoms with Crippen molar-refractivity contribution in [2.45, 2.75) is 39.8 Å². The van der Waals surface area contributed by atoms with Crippen LogP contribution in [0.1, 0.15) is 38.0 Å². The van der Waals surface area contributed by atoms with Crippen LogP contribution in [-0.4, -0.2) is 24.5 Å². The van der Waals surface area contributed by atoms with Crippen molar-refractivity contribution >= 4 is 0 Å². The summed E-state index contributed by atoms with van der Waals surface area (Å²) >= 11 is 0. The van der Waals surface area contributed by atoms with Crippen molar-refractivity contribution in [2.75, 3.05) is 19.6 Å². The lowest BCUT2D eigenvalue weighted by Gasteiger charge is -2.17. The molecule has 0 aliphatic rings. The third-order valence-electron chi connectivity index (χ3n) is 2.77. The van der Waals surface area contributed by atoms with E-state index in [-0.39, 0.29) is 0 Å². The van der Waals surface area contributed by atoms with Crippen LogP contribution in [0.4, 0.5) is 0 Å². The number of hydrogen-bond acceptors (Lipinski definition) is 3. The van der Waals surface area contributed by atoms with Crippen LogP contribution in [0.5, 0.6) is 0 Å². The van der Waals surface area contributed by atoms with E-state index in [2.05, 4.69) is 36.7 Å². The molecule has 1 aromatic rings. The fourth-order valence-corrected chi connectivity index (χ4v) is 1.97. The second-order valence-corrected chi connectivity index (χ2v) is 4.62. The molecule has 1 N–H and O–H groups in total. The summed E-state index contributed by atoms with van der Waals surface area (Å²) in [5.74, 6) is 1.04. The average Bonchev–Trinajstić information content (AvgIpc) is 2.78. The number of nitrogens with one attached hydrogen (secondary N) is 1. The third-order valence-corrected chi connectivity index (χ3v) is 2.77. The minimum atomic E-state index is 0.869. The number of rotatable bonds is 10. The molecule has 3 heteroatoms. The number of furan rings is 1. The van der Waals surface area contributed by atoms with Gasteiger partial charge in [-0.05, 0) is 32.0 Å². The van der Waals surface area contributed by atoms with Crippen molar-refractivity contribution in [3.63, 3.8) is 0 Å². The first-order valence-corrected chi connectivity index (χ1v) is 6.90. The van der Waals surface area contributed by atoms with Gasteiger partial charge in [-0.15, -0.1) is 6.58 Å². The Morgan fingerprint density at radius 2 is 2.22 bits per heavy atom. The van der Waals surface area contributed by atoms with E-state index < -0.39 is 0 Å². The second kappa shape index (κ2) is 8.95. The minimum absolute atomic E-state index is 0.869. The zero-order valence-corrected chi connectivity index (χ0v) is 11.7. The summed E-state index contributed by atoms with van der Waals surface area (Å²) in [6.45, 7) is 13.0. The molecule has 0 atom stereocenters. The van der Waals surface area contributed by atoms with E-state index in [0.717, 1.165) is 51.3 Å². The van der Waals surface area contributed by atoms with E-state index >= 15 is 0 Å². The maximum atomic E-state index is 5.60. The fraction of sp³-hybridized carbons (Fsp3) is 0.600. The summed E-state index contributed by atoms with van der Waals surface area (Å²) in [6, 6.07) is 2.15. The molecule has 0 aliphatic carbocycles. The van der Waals surface area contributed by atoms with Gasteiger partial charge in [0.25, 0.3) is 0 Å². The Labute approximate surface area is 111 Å². The third kappa shape index (κ3) is 5.52. The molecule has 0 unspecified atom stereocenters. The molecule has 1 heterocycles. The first-order chi connectivity index (χ1) is 8.80. The highest BCUT2D eigenvalue weighted by Gasteiger charge is 2.07. The van der Waals surface area contributed by atoms with E-state index in [1.807, 2.05) is 12.3 Å². The summed E-state index contributed by atoms with van der Waals surface area (Å²) in [6.07, 6.45) is 6.12. The molecule has 102 valence electrons. The normalized spacial score (nSPS) is 11.1. The smallest absolute Gasteiger partial charge is 0.118 e. The van der Waals surface area contributed by atoms with Gasteiger partial charge in [-0.2, -0.15) is 0 Å². The lowest BCUT2D eigenvalue weighted by molar-refractivity contribution is 0.269. The van der Waals surface area contributed by atoms with E-state index in [1.54, 1.807) is 0 Å². The van der Waals surface area contributed by atoms with Crippen LogP contribution < -0.4 is 5.32 Å². The van der Waals surface area contributed by atoms with Crippen LogP contribution in [0.25, 0.3) is 0 Å². The van der Waals surface area contributed by atoms with Gasteiger partial charge in [-0.25, -0.2) is 0 Å². The van der Waals surface area contributed by atoms with Gasteiger partial charge in [0, 0.05) is 18.7 Å². The molecule has 0 saturated carbocycles. The molecule has 0 fully saturated rings. The Morgan fingerprint density at radius 3 is 2.89 bits per heavy atom. The van der Waals surface area contributed by atoms with Crippen molar-refractivity contribution in [3.05, 3.63) is 36.3 Å². The second-order valence-electron chi connectivity index (χ2n) is 4.62. The summed E-state index contributed by atoms with van der Waals surface area (Å²) in [5.41, 5.74) is 1.23. The van der Waals surface area contributed by atoms with Crippen molar-refractivity contribution in [1.82, 2.24) is 10.2 Å². The van der Waals surface area contributed by atoms with Crippen LogP contribution in [0.3, 0.4) is 0 Å². The fourth-order valence-electron chi connectivity index (χ4n) is 1.97. The van der Waals surface area contributed by atoms with Gasteiger partial charge in [0.1, 0.15) is 5.76 Å². The maximum Gasteiger partial charge on any atom is 0.118 e. The Morgan fingerprint density at radius 1 is 1.39 bits per heavy atom. The molecule has 3 nitrogen and oxygen atoms in total. The van der Waals surface area contributed by atoms with Gasteiger partial charge in [0.15, 0.2) is 0 Å². The molecule has 1 aromatic heterocycles. The average molecular weight is 250 g/mol. The van der Waals surface area contributed by atoms with Crippen LogP contribution in [-0.2, 0) is 13.1 Å². The predicted octanol–water partition coefficient (Wildman–Crippen LogP) is 3.18. The Hall–Kier alpha value is -1.06. The first kappa shape index (κ1) is 15.0. The molecule has 0 radical (unpaired) electrons. The molecule has 18 heavy (non-hydrogen) atoms. The largest absolute Gasteiger partial charge is 0.468 e. The summed E-state index contributed by atoms with van der Waals surface area (Å²) < 4.78 is 5.60. The van der Waals surface area contributed by atoms with E-state index in [9.17, 15) is 0 Å².